The maximum Gasteiger partial charge on any atom is 0.243 e. The summed E-state index contributed by atoms with van der Waals surface area (Å²) in [5.41, 5.74) is 4.75. The summed E-state index contributed by atoms with van der Waals surface area (Å²) in [7, 11) is 1.48. The van der Waals surface area contributed by atoms with Gasteiger partial charge in [-0.25, -0.2) is 0 Å². The molecule has 3 N–H and O–H groups in total. The zero-order valence-electron chi connectivity index (χ0n) is 20.1. The summed E-state index contributed by atoms with van der Waals surface area (Å²) >= 11 is 0.997. The Balaban J connectivity index is 1.72. The molecule has 1 aliphatic rings. The van der Waals surface area contributed by atoms with Crippen LogP contribution in [-0.4, -0.2) is 51.8 Å². The van der Waals surface area contributed by atoms with Gasteiger partial charge in [-0.05, 0) is 41.7 Å². The lowest BCUT2D eigenvalue weighted by atomic mass is 9.98. The number of anilines is 1. The molecule has 0 radical (unpaired) electrons. The first-order chi connectivity index (χ1) is 16.7. The third-order valence-electron chi connectivity index (χ3n) is 5.91. The van der Waals surface area contributed by atoms with E-state index in [1.165, 1.54) is 7.05 Å². The summed E-state index contributed by atoms with van der Waals surface area (Å²) < 4.78 is 0. The van der Waals surface area contributed by atoms with Crippen molar-refractivity contribution >= 4 is 40.3 Å². The normalized spacial score (nSPS) is 16.5. The fraction of sp³-hybridized carbons (Fsp3) is 0.385. The first-order valence-electron chi connectivity index (χ1n) is 11.6. The quantitative estimate of drug-likeness (QED) is 0.341. The van der Waals surface area contributed by atoms with Crippen molar-refractivity contribution in [1.82, 2.24) is 10.2 Å². The summed E-state index contributed by atoms with van der Waals surface area (Å²) in [5.74, 6) is -1.47. The van der Waals surface area contributed by atoms with Crippen molar-refractivity contribution in [2.45, 2.75) is 39.2 Å². The van der Waals surface area contributed by atoms with Gasteiger partial charge in [-0.15, -0.1) is 0 Å². The topological polar surface area (TPSA) is 116 Å². The Kier molecular flexibility index (Phi) is 9.06. The van der Waals surface area contributed by atoms with Crippen LogP contribution in [0.1, 0.15) is 41.8 Å². The van der Waals surface area contributed by atoms with Gasteiger partial charge in [0.1, 0.15) is 6.04 Å². The highest BCUT2D eigenvalue weighted by Gasteiger charge is 2.44. The molecule has 0 unspecified atom stereocenters. The summed E-state index contributed by atoms with van der Waals surface area (Å²) in [6.07, 6.45) is 0.841. The molecular formula is C26H31N3O5S. The van der Waals surface area contributed by atoms with Gasteiger partial charge in [0, 0.05) is 31.2 Å². The van der Waals surface area contributed by atoms with Gasteiger partial charge >= 0.3 is 0 Å². The minimum atomic E-state index is -0.940. The number of amides is 3. The van der Waals surface area contributed by atoms with Gasteiger partial charge in [0.15, 0.2) is 0 Å². The molecule has 3 amide bonds. The molecule has 8 nitrogen and oxygen atoms in total. The maximum atomic E-state index is 13.2. The highest BCUT2D eigenvalue weighted by molar-refractivity contribution is 8.14. The number of benzene rings is 2. The Hall–Kier alpha value is -3.17. The molecule has 0 bridgehead atoms. The highest BCUT2D eigenvalue weighted by atomic mass is 32.2. The van der Waals surface area contributed by atoms with E-state index in [4.69, 9.17) is 0 Å². The average Bonchev–Trinajstić information content (AvgIpc) is 3.13. The van der Waals surface area contributed by atoms with E-state index in [1.807, 2.05) is 44.2 Å². The van der Waals surface area contributed by atoms with Gasteiger partial charge in [-0.1, -0.05) is 55.9 Å². The predicted molar refractivity (Wildman–Crippen MR) is 135 cm³/mol. The molecular weight excluding hydrogens is 466 g/mol. The van der Waals surface area contributed by atoms with Crippen LogP contribution in [0.3, 0.4) is 0 Å². The number of carbonyl (C=O) groups excluding carboxylic acids is 4. The van der Waals surface area contributed by atoms with E-state index >= 15 is 0 Å². The third-order valence-corrected chi connectivity index (χ3v) is 6.96. The van der Waals surface area contributed by atoms with Crippen LogP contribution < -0.4 is 10.8 Å². The van der Waals surface area contributed by atoms with E-state index in [0.717, 1.165) is 27.8 Å². The minimum Gasteiger partial charge on any atom is -0.357 e. The number of imide groups is 1. The fourth-order valence-corrected chi connectivity index (χ4v) is 5.17. The molecule has 2 atom stereocenters. The number of nitrogens with one attached hydrogen (secondary N) is 2. The SMILES string of the molecule is CNC(=O)[C@H](Cc1ccccc1)N1C(=O)C[C@@H](CSC(=O)c2ccc(NO)cc2CC(C)C)C1=O. The van der Waals surface area contributed by atoms with E-state index in [9.17, 15) is 24.4 Å². The van der Waals surface area contributed by atoms with E-state index in [2.05, 4.69) is 10.8 Å². The zero-order chi connectivity index (χ0) is 25.5. The fourth-order valence-electron chi connectivity index (χ4n) is 4.20. The third kappa shape index (κ3) is 6.49. The smallest absolute Gasteiger partial charge is 0.243 e. The number of carbonyl (C=O) groups is 4. The molecule has 0 spiro atoms. The molecule has 3 rings (SSSR count). The van der Waals surface area contributed by atoms with E-state index in [0.29, 0.717) is 23.6 Å². The predicted octanol–water partition coefficient (Wildman–Crippen LogP) is 3.29. The molecule has 1 saturated heterocycles. The Bertz CT molecular complexity index is 1090. The summed E-state index contributed by atoms with van der Waals surface area (Å²) in [6.45, 7) is 4.08. The van der Waals surface area contributed by atoms with Crippen molar-refractivity contribution in [3.05, 3.63) is 65.2 Å². The standard InChI is InChI=1S/C26H31N3O5S/c1-16(2)11-18-13-20(28-34)9-10-21(18)26(33)35-15-19-14-23(30)29(25(19)32)22(24(31)27-3)12-17-7-5-4-6-8-17/h4-10,13,16,19,22,28,34H,11-12,14-15H2,1-3H3,(H,27,31)/t19-,22-/m0/s1. The van der Waals surface area contributed by atoms with Crippen molar-refractivity contribution in [3.8, 4) is 0 Å². The lowest BCUT2D eigenvalue weighted by molar-refractivity contribution is -0.147. The van der Waals surface area contributed by atoms with Crippen LogP contribution in [0.25, 0.3) is 0 Å². The summed E-state index contributed by atoms with van der Waals surface area (Å²) in [4.78, 5) is 52.6. The van der Waals surface area contributed by atoms with Crippen molar-refractivity contribution in [2.75, 3.05) is 18.3 Å². The molecule has 2 aromatic carbocycles. The van der Waals surface area contributed by atoms with Crippen LogP contribution in [0.15, 0.2) is 48.5 Å². The molecule has 1 heterocycles. The minimum absolute atomic E-state index is 0.0341. The number of nitrogens with zero attached hydrogens (tertiary/aromatic N) is 1. The molecule has 1 fully saturated rings. The summed E-state index contributed by atoms with van der Waals surface area (Å²) in [5, 5.41) is 11.6. The van der Waals surface area contributed by atoms with E-state index < -0.39 is 29.7 Å². The highest BCUT2D eigenvalue weighted by Crippen LogP contribution is 2.29. The van der Waals surface area contributed by atoms with Gasteiger partial charge in [0.05, 0.1) is 11.6 Å². The Morgan fingerprint density at radius 3 is 2.46 bits per heavy atom. The van der Waals surface area contributed by atoms with Crippen LogP contribution in [0.2, 0.25) is 0 Å². The van der Waals surface area contributed by atoms with Crippen molar-refractivity contribution in [1.29, 1.82) is 0 Å². The Labute approximate surface area is 209 Å². The Morgan fingerprint density at radius 1 is 1.11 bits per heavy atom. The molecule has 9 heteroatoms. The van der Waals surface area contributed by atoms with Crippen LogP contribution in [0, 0.1) is 11.8 Å². The van der Waals surface area contributed by atoms with Gasteiger partial charge < -0.3 is 5.32 Å². The molecule has 186 valence electrons. The monoisotopic (exact) mass is 497 g/mol. The summed E-state index contributed by atoms with van der Waals surface area (Å²) in [6, 6.07) is 13.3. The van der Waals surface area contributed by atoms with Crippen LogP contribution in [0.5, 0.6) is 0 Å². The van der Waals surface area contributed by atoms with Gasteiger partial charge in [0.25, 0.3) is 0 Å². The lowest BCUT2D eigenvalue weighted by Gasteiger charge is -2.25. The second-order valence-electron chi connectivity index (χ2n) is 9.00. The van der Waals surface area contributed by atoms with Gasteiger partial charge in [-0.2, -0.15) is 0 Å². The van der Waals surface area contributed by atoms with Gasteiger partial charge in [-0.3, -0.25) is 34.8 Å². The first kappa shape index (κ1) is 26.4. The van der Waals surface area contributed by atoms with Crippen molar-refractivity contribution in [2.24, 2.45) is 11.8 Å². The number of hydrogen-bond donors (Lipinski definition) is 3. The number of thioether (sulfide) groups is 1. The Morgan fingerprint density at radius 2 is 1.83 bits per heavy atom. The molecule has 0 aromatic heterocycles. The van der Waals surface area contributed by atoms with Crippen LogP contribution in [0.4, 0.5) is 5.69 Å². The molecule has 1 aliphatic heterocycles. The molecule has 0 saturated carbocycles. The molecule has 2 aromatic rings. The lowest BCUT2D eigenvalue weighted by Crippen LogP contribution is -2.50. The average molecular weight is 498 g/mol. The van der Waals surface area contributed by atoms with Crippen molar-refractivity contribution < 1.29 is 24.4 Å². The first-order valence-corrected chi connectivity index (χ1v) is 12.5. The van der Waals surface area contributed by atoms with Crippen molar-refractivity contribution in [3.63, 3.8) is 0 Å². The maximum absolute atomic E-state index is 13.2. The largest absolute Gasteiger partial charge is 0.357 e. The van der Waals surface area contributed by atoms with Gasteiger partial charge in [0.2, 0.25) is 22.8 Å². The van der Waals surface area contributed by atoms with Crippen LogP contribution in [-0.2, 0) is 27.2 Å². The van der Waals surface area contributed by atoms with E-state index in [-0.39, 0.29) is 23.7 Å². The number of likely N-dealkylation sites (tertiary alicyclic amines) is 1. The second kappa shape index (κ2) is 12.0. The number of hydrogen-bond acceptors (Lipinski definition) is 7. The molecule has 35 heavy (non-hydrogen) atoms. The number of rotatable bonds is 10. The second-order valence-corrected chi connectivity index (χ2v) is 10.00. The zero-order valence-corrected chi connectivity index (χ0v) is 20.9. The molecule has 0 aliphatic carbocycles. The van der Waals surface area contributed by atoms with E-state index in [1.54, 1.807) is 18.2 Å². The number of likely N-dealkylation sites (N-methyl/N-ethyl adjacent to an activating group) is 1. The van der Waals surface area contributed by atoms with Crippen LogP contribution >= 0.6 is 11.8 Å².